The molecular formula is C26H31N3O5. The SMILES string of the molecule is CCNC(=O)C1=C(c2ccc(CN3CCOCC3)cc2)C(=C2C=C(C(C)C)C(O)=CC2=O)ON1. The van der Waals surface area contributed by atoms with E-state index in [9.17, 15) is 14.7 Å². The molecule has 8 heteroatoms. The number of hydroxylamine groups is 1. The highest BCUT2D eigenvalue weighted by Crippen LogP contribution is 2.37. The summed E-state index contributed by atoms with van der Waals surface area (Å²) in [5, 5.41) is 13.0. The number of aliphatic hydroxyl groups is 1. The van der Waals surface area contributed by atoms with E-state index in [1.54, 1.807) is 6.08 Å². The van der Waals surface area contributed by atoms with Gasteiger partial charge in [0.05, 0.1) is 24.4 Å². The number of rotatable bonds is 6. The molecule has 0 radical (unpaired) electrons. The predicted octanol–water partition coefficient (Wildman–Crippen LogP) is 2.76. The lowest BCUT2D eigenvalue weighted by atomic mass is 9.89. The van der Waals surface area contributed by atoms with Gasteiger partial charge in [0.1, 0.15) is 11.5 Å². The van der Waals surface area contributed by atoms with E-state index >= 15 is 0 Å². The Kier molecular flexibility index (Phi) is 7.19. The van der Waals surface area contributed by atoms with E-state index in [-0.39, 0.29) is 34.8 Å². The summed E-state index contributed by atoms with van der Waals surface area (Å²) in [6, 6.07) is 7.93. The van der Waals surface area contributed by atoms with E-state index < -0.39 is 0 Å². The van der Waals surface area contributed by atoms with Crippen LogP contribution in [0.15, 0.2) is 64.8 Å². The minimum Gasteiger partial charge on any atom is -0.508 e. The number of amides is 1. The fraction of sp³-hybridized carbons (Fsp3) is 0.385. The third-order valence-electron chi connectivity index (χ3n) is 6.04. The Hall–Kier alpha value is -3.36. The molecule has 0 atom stereocenters. The molecule has 1 aromatic rings. The van der Waals surface area contributed by atoms with Crippen LogP contribution in [0.2, 0.25) is 0 Å². The smallest absolute Gasteiger partial charge is 0.271 e. The minimum absolute atomic E-state index is 0.00377. The highest BCUT2D eigenvalue weighted by atomic mass is 16.7. The van der Waals surface area contributed by atoms with Crippen molar-refractivity contribution in [1.82, 2.24) is 15.7 Å². The number of likely N-dealkylation sites (N-methyl/N-ethyl adjacent to an activating group) is 1. The van der Waals surface area contributed by atoms with Gasteiger partial charge in [-0.05, 0) is 35.6 Å². The van der Waals surface area contributed by atoms with E-state index in [2.05, 4.69) is 15.7 Å². The van der Waals surface area contributed by atoms with Gasteiger partial charge < -0.3 is 20.0 Å². The maximum Gasteiger partial charge on any atom is 0.271 e. The van der Waals surface area contributed by atoms with Gasteiger partial charge in [0.15, 0.2) is 11.5 Å². The summed E-state index contributed by atoms with van der Waals surface area (Å²) in [6.07, 6.45) is 2.85. The Labute approximate surface area is 199 Å². The summed E-state index contributed by atoms with van der Waals surface area (Å²) in [5.74, 6) is -0.465. The molecule has 2 heterocycles. The van der Waals surface area contributed by atoms with Crippen molar-refractivity contribution in [3.63, 3.8) is 0 Å². The summed E-state index contributed by atoms with van der Waals surface area (Å²) >= 11 is 0. The van der Waals surface area contributed by atoms with Crippen molar-refractivity contribution in [3.05, 3.63) is 75.9 Å². The monoisotopic (exact) mass is 465 g/mol. The maximum absolute atomic E-state index is 12.8. The number of allylic oxidation sites excluding steroid dienone is 5. The predicted molar refractivity (Wildman–Crippen MR) is 128 cm³/mol. The van der Waals surface area contributed by atoms with Crippen molar-refractivity contribution in [2.24, 2.45) is 5.92 Å². The lowest BCUT2D eigenvalue weighted by molar-refractivity contribution is -0.118. The number of ether oxygens (including phenoxy) is 1. The van der Waals surface area contributed by atoms with Gasteiger partial charge in [0.25, 0.3) is 5.91 Å². The normalized spacial score (nSPS) is 21.2. The number of ketones is 1. The molecule has 0 unspecified atom stereocenters. The lowest BCUT2D eigenvalue weighted by Crippen LogP contribution is -2.35. The van der Waals surface area contributed by atoms with Crippen molar-refractivity contribution < 1.29 is 24.3 Å². The van der Waals surface area contributed by atoms with Gasteiger partial charge in [0, 0.05) is 32.3 Å². The fourth-order valence-electron chi connectivity index (χ4n) is 4.21. The van der Waals surface area contributed by atoms with Crippen molar-refractivity contribution >= 4 is 17.3 Å². The van der Waals surface area contributed by atoms with Crippen molar-refractivity contribution in [1.29, 1.82) is 0 Å². The molecule has 1 aromatic carbocycles. The summed E-state index contributed by atoms with van der Waals surface area (Å²) < 4.78 is 5.42. The van der Waals surface area contributed by atoms with Crippen molar-refractivity contribution in [2.45, 2.75) is 27.3 Å². The van der Waals surface area contributed by atoms with Crippen molar-refractivity contribution in [3.8, 4) is 0 Å². The molecule has 34 heavy (non-hydrogen) atoms. The Balaban J connectivity index is 1.74. The molecule has 1 saturated heterocycles. The first-order chi connectivity index (χ1) is 16.4. The highest BCUT2D eigenvalue weighted by Gasteiger charge is 2.33. The topological polar surface area (TPSA) is 100 Å². The van der Waals surface area contributed by atoms with E-state index in [0.717, 1.165) is 44.0 Å². The van der Waals surface area contributed by atoms with Gasteiger partial charge in [-0.25, -0.2) is 5.48 Å². The Morgan fingerprint density at radius 3 is 2.53 bits per heavy atom. The summed E-state index contributed by atoms with van der Waals surface area (Å²) in [6.45, 7) is 10.3. The summed E-state index contributed by atoms with van der Waals surface area (Å²) in [7, 11) is 0. The first-order valence-corrected chi connectivity index (χ1v) is 11.6. The highest BCUT2D eigenvalue weighted by molar-refractivity contribution is 6.13. The summed E-state index contributed by atoms with van der Waals surface area (Å²) in [4.78, 5) is 33.7. The number of hydrogen-bond donors (Lipinski definition) is 3. The van der Waals surface area contributed by atoms with E-state index in [0.29, 0.717) is 23.3 Å². The van der Waals surface area contributed by atoms with Crippen LogP contribution in [0.4, 0.5) is 0 Å². The summed E-state index contributed by atoms with van der Waals surface area (Å²) in [5.41, 5.74) is 6.31. The van der Waals surface area contributed by atoms with Gasteiger partial charge in [-0.2, -0.15) is 0 Å². The van der Waals surface area contributed by atoms with Gasteiger partial charge in [0.2, 0.25) is 0 Å². The molecular weight excluding hydrogens is 434 g/mol. The molecule has 0 bridgehead atoms. The zero-order chi connectivity index (χ0) is 24.2. The standard InChI is InChI=1S/C26H31N3O5/c1-4-27-26(32)24-23(18-7-5-17(6-8-18)15-29-9-11-33-12-10-29)25(34-28-24)20-13-19(16(2)3)21(30)14-22(20)31/h5-8,13-14,16,28,30H,4,9-12,15H2,1-3H3,(H,27,32). The Morgan fingerprint density at radius 2 is 1.88 bits per heavy atom. The average Bonchev–Trinajstić information content (AvgIpc) is 3.25. The molecule has 0 saturated carbocycles. The zero-order valence-electron chi connectivity index (χ0n) is 19.8. The number of nitrogens with one attached hydrogen (secondary N) is 2. The van der Waals surface area contributed by atoms with Crippen LogP contribution in [0.1, 0.15) is 31.9 Å². The van der Waals surface area contributed by atoms with Crippen LogP contribution in [0.25, 0.3) is 5.57 Å². The first-order valence-electron chi connectivity index (χ1n) is 11.6. The Bertz CT molecular complexity index is 1090. The van der Waals surface area contributed by atoms with Crippen LogP contribution < -0.4 is 10.8 Å². The fourth-order valence-corrected chi connectivity index (χ4v) is 4.21. The van der Waals surface area contributed by atoms with E-state index in [1.165, 1.54) is 6.08 Å². The second-order valence-corrected chi connectivity index (χ2v) is 8.79. The molecule has 180 valence electrons. The van der Waals surface area contributed by atoms with Gasteiger partial charge in [-0.1, -0.05) is 38.1 Å². The second-order valence-electron chi connectivity index (χ2n) is 8.79. The largest absolute Gasteiger partial charge is 0.508 e. The number of aliphatic hydroxyl groups excluding tert-OH is 1. The molecule has 3 aliphatic rings. The molecule has 8 nitrogen and oxygen atoms in total. The molecule has 1 aliphatic carbocycles. The first kappa shape index (κ1) is 23.8. The van der Waals surface area contributed by atoms with Crippen LogP contribution in [0, 0.1) is 5.92 Å². The quantitative estimate of drug-likeness (QED) is 0.556. The number of benzene rings is 1. The third-order valence-corrected chi connectivity index (χ3v) is 6.04. The average molecular weight is 466 g/mol. The minimum atomic E-state index is -0.378. The molecule has 0 spiro atoms. The second kappa shape index (κ2) is 10.3. The van der Waals surface area contributed by atoms with E-state index in [1.807, 2.05) is 45.0 Å². The molecule has 0 aromatic heterocycles. The van der Waals surface area contributed by atoms with Gasteiger partial charge >= 0.3 is 0 Å². The number of morpholine rings is 1. The number of nitrogens with zero attached hydrogens (tertiary/aromatic N) is 1. The molecule has 2 aliphatic heterocycles. The molecule has 3 N–H and O–H groups in total. The van der Waals surface area contributed by atoms with Crippen LogP contribution in [-0.2, 0) is 25.7 Å². The number of hydrogen-bond acceptors (Lipinski definition) is 7. The van der Waals surface area contributed by atoms with Gasteiger partial charge in [-0.3, -0.25) is 14.5 Å². The van der Waals surface area contributed by atoms with Crippen LogP contribution in [0.5, 0.6) is 0 Å². The zero-order valence-corrected chi connectivity index (χ0v) is 19.8. The van der Waals surface area contributed by atoms with Gasteiger partial charge in [-0.15, -0.1) is 0 Å². The van der Waals surface area contributed by atoms with Crippen LogP contribution >= 0.6 is 0 Å². The number of carbonyl (C=O) groups excluding carboxylic acids is 2. The molecule has 1 fully saturated rings. The molecule has 4 rings (SSSR count). The molecule has 1 amide bonds. The lowest BCUT2D eigenvalue weighted by Gasteiger charge is -2.26. The maximum atomic E-state index is 12.8. The Morgan fingerprint density at radius 1 is 1.18 bits per heavy atom. The number of carbonyl (C=O) groups is 2. The third kappa shape index (κ3) is 4.93. The van der Waals surface area contributed by atoms with Crippen LogP contribution in [0.3, 0.4) is 0 Å². The van der Waals surface area contributed by atoms with Crippen molar-refractivity contribution in [2.75, 3.05) is 32.8 Å². The van der Waals surface area contributed by atoms with E-state index in [4.69, 9.17) is 9.57 Å². The van der Waals surface area contributed by atoms with Crippen LogP contribution in [-0.4, -0.2) is 54.5 Å².